The molecule has 1 aromatic rings. The molecule has 0 saturated heterocycles. The SMILES string of the molecule is COc1cc(C(C)(C)O)cc(I)c1OC(C)=O. The van der Waals surface area contributed by atoms with Gasteiger partial charge in [0.25, 0.3) is 0 Å². The Morgan fingerprint density at radius 1 is 1.41 bits per heavy atom. The average molecular weight is 350 g/mol. The molecule has 0 fully saturated rings. The van der Waals surface area contributed by atoms with E-state index in [0.29, 0.717) is 20.6 Å². The molecule has 0 aliphatic rings. The van der Waals surface area contributed by atoms with E-state index in [1.54, 1.807) is 26.0 Å². The van der Waals surface area contributed by atoms with Crippen molar-refractivity contribution in [2.45, 2.75) is 26.4 Å². The molecule has 0 radical (unpaired) electrons. The van der Waals surface area contributed by atoms with Crippen LogP contribution in [0.5, 0.6) is 11.5 Å². The van der Waals surface area contributed by atoms with Crippen molar-refractivity contribution in [2.75, 3.05) is 7.11 Å². The third-order valence-electron chi connectivity index (χ3n) is 2.18. The standard InChI is InChI=1S/C12H15IO4/c1-7(14)17-11-9(13)5-8(12(2,3)15)6-10(11)16-4/h5-6,15H,1-4H3. The van der Waals surface area contributed by atoms with Gasteiger partial charge in [0.1, 0.15) is 0 Å². The highest BCUT2D eigenvalue weighted by Crippen LogP contribution is 2.36. The minimum Gasteiger partial charge on any atom is -0.493 e. The second-order valence-corrected chi connectivity index (χ2v) is 5.30. The zero-order valence-electron chi connectivity index (χ0n) is 10.2. The number of ether oxygens (including phenoxy) is 2. The highest BCUT2D eigenvalue weighted by atomic mass is 127. The van der Waals surface area contributed by atoms with Gasteiger partial charge in [-0.05, 0) is 54.1 Å². The molecule has 0 unspecified atom stereocenters. The lowest BCUT2D eigenvalue weighted by Crippen LogP contribution is -2.16. The van der Waals surface area contributed by atoms with Crippen molar-refractivity contribution in [3.63, 3.8) is 0 Å². The van der Waals surface area contributed by atoms with Gasteiger partial charge in [-0.25, -0.2) is 0 Å². The summed E-state index contributed by atoms with van der Waals surface area (Å²) in [7, 11) is 1.49. The lowest BCUT2D eigenvalue weighted by atomic mass is 9.98. The Kier molecular flexibility index (Phi) is 4.37. The summed E-state index contributed by atoms with van der Waals surface area (Å²) >= 11 is 2.04. The molecule has 0 heterocycles. The third-order valence-corrected chi connectivity index (χ3v) is 2.98. The fourth-order valence-electron chi connectivity index (χ4n) is 1.32. The summed E-state index contributed by atoms with van der Waals surface area (Å²) in [6, 6.07) is 3.43. The lowest BCUT2D eigenvalue weighted by molar-refractivity contribution is -0.132. The van der Waals surface area contributed by atoms with Gasteiger partial charge in [-0.3, -0.25) is 4.79 Å². The van der Waals surface area contributed by atoms with Crippen LogP contribution in [0, 0.1) is 3.57 Å². The number of hydrogen-bond donors (Lipinski definition) is 1. The Morgan fingerprint density at radius 3 is 2.41 bits per heavy atom. The lowest BCUT2D eigenvalue weighted by Gasteiger charge is -2.20. The van der Waals surface area contributed by atoms with E-state index in [1.807, 2.05) is 22.6 Å². The number of esters is 1. The van der Waals surface area contributed by atoms with Gasteiger partial charge in [0.2, 0.25) is 0 Å². The molecule has 1 aromatic carbocycles. The summed E-state index contributed by atoms with van der Waals surface area (Å²) in [5.74, 6) is 0.412. The number of carbonyl (C=O) groups excluding carboxylic acids is 1. The van der Waals surface area contributed by atoms with E-state index in [-0.39, 0.29) is 0 Å². The fourth-order valence-corrected chi connectivity index (χ4v) is 2.03. The Bertz CT molecular complexity index is 435. The van der Waals surface area contributed by atoms with Crippen molar-refractivity contribution in [1.29, 1.82) is 0 Å². The molecular formula is C12H15IO4. The monoisotopic (exact) mass is 350 g/mol. The van der Waals surface area contributed by atoms with E-state index in [1.165, 1.54) is 14.0 Å². The van der Waals surface area contributed by atoms with E-state index >= 15 is 0 Å². The maximum absolute atomic E-state index is 11.0. The fraction of sp³-hybridized carbons (Fsp3) is 0.417. The maximum atomic E-state index is 11.0. The van der Waals surface area contributed by atoms with Gasteiger partial charge >= 0.3 is 5.97 Å². The molecule has 0 atom stereocenters. The van der Waals surface area contributed by atoms with Crippen molar-refractivity contribution in [3.05, 3.63) is 21.3 Å². The average Bonchev–Trinajstić information content (AvgIpc) is 2.18. The smallest absolute Gasteiger partial charge is 0.308 e. The summed E-state index contributed by atoms with van der Waals surface area (Å²) < 4.78 is 11.0. The molecule has 1 N–H and O–H groups in total. The predicted octanol–water partition coefficient (Wildman–Crippen LogP) is 2.45. The molecule has 0 aromatic heterocycles. The van der Waals surface area contributed by atoms with Crippen molar-refractivity contribution >= 4 is 28.6 Å². The first-order chi connectivity index (χ1) is 7.75. The quantitative estimate of drug-likeness (QED) is 0.517. The molecule has 94 valence electrons. The zero-order valence-corrected chi connectivity index (χ0v) is 12.4. The van der Waals surface area contributed by atoms with Gasteiger partial charge in [-0.2, -0.15) is 0 Å². The van der Waals surface area contributed by atoms with Gasteiger partial charge in [0, 0.05) is 6.92 Å². The van der Waals surface area contributed by atoms with Crippen LogP contribution < -0.4 is 9.47 Å². The van der Waals surface area contributed by atoms with Gasteiger partial charge in [-0.15, -0.1) is 0 Å². The Balaban J connectivity index is 3.30. The van der Waals surface area contributed by atoms with E-state index in [9.17, 15) is 9.90 Å². The molecular weight excluding hydrogens is 335 g/mol. The number of rotatable bonds is 3. The van der Waals surface area contributed by atoms with Crippen LogP contribution in [0.25, 0.3) is 0 Å². The van der Waals surface area contributed by atoms with Gasteiger partial charge < -0.3 is 14.6 Å². The largest absolute Gasteiger partial charge is 0.493 e. The molecule has 0 spiro atoms. The molecule has 0 saturated carbocycles. The van der Waals surface area contributed by atoms with Crippen molar-refractivity contribution < 1.29 is 19.4 Å². The normalized spacial score (nSPS) is 11.2. The summed E-state index contributed by atoms with van der Waals surface area (Å²) in [6.07, 6.45) is 0. The van der Waals surface area contributed by atoms with Crippen LogP contribution in [0.15, 0.2) is 12.1 Å². The number of methoxy groups -OCH3 is 1. The maximum Gasteiger partial charge on any atom is 0.308 e. The highest BCUT2D eigenvalue weighted by Gasteiger charge is 2.21. The van der Waals surface area contributed by atoms with E-state index < -0.39 is 11.6 Å². The van der Waals surface area contributed by atoms with Crippen LogP contribution in [0.3, 0.4) is 0 Å². The molecule has 0 bridgehead atoms. The predicted molar refractivity (Wildman–Crippen MR) is 72.3 cm³/mol. The van der Waals surface area contributed by atoms with Crippen molar-refractivity contribution in [3.8, 4) is 11.5 Å². The number of hydrogen-bond acceptors (Lipinski definition) is 4. The third kappa shape index (κ3) is 3.57. The van der Waals surface area contributed by atoms with E-state index in [0.717, 1.165) is 0 Å². The van der Waals surface area contributed by atoms with Gasteiger partial charge in [0.15, 0.2) is 11.5 Å². The number of benzene rings is 1. The summed E-state index contributed by atoms with van der Waals surface area (Å²) in [5.41, 5.74) is -0.267. The molecule has 5 heteroatoms. The molecule has 17 heavy (non-hydrogen) atoms. The summed E-state index contributed by atoms with van der Waals surface area (Å²) in [6.45, 7) is 4.70. The number of carbonyl (C=O) groups is 1. The van der Waals surface area contributed by atoms with E-state index in [2.05, 4.69) is 0 Å². The number of aliphatic hydroxyl groups is 1. The second kappa shape index (κ2) is 5.22. The van der Waals surface area contributed by atoms with Crippen LogP contribution in [0.2, 0.25) is 0 Å². The van der Waals surface area contributed by atoms with Crippen molar-refractivity contribution in [1.82, 2.24) is 0 Å². The summed E-state index contributed by atoms with van der Waals surface area (Å²) in [4.78, 5) is 11.0. The van der Waals surface area contributed by atoms with Gasteiger partial charge in [-0.1, -0.05) is 0 Å². The Hall–Kier alpha value is -0.820. The van der Waals surface area contributed by atoms with Gasteiger partial charge in [0.05, 0.1) is 16.3 Å². The highest BCUT2D eigenvalue weighted by molar-refractivity contribution is 14.1. The first kappa shape index (κ1) is 14.2. The molecule has 0 aliphatic heterocycles. The first-order valence-electron chi connectivity index (χ1n) is 5.04. The van der Waals surface area contributed by atoms with Crippen LogP contribution in [0.1, 0.15) is 26.3 Å². The van der Waals surface area contributed by atoms with E-state index in [4.69, 9.17) is 9.47 Å². The molecule has 0 amide bonds. The molecule has 4 nitrogen and oxygen atoms in total. The minimum atomic E-state index is -0.970. The topological polar surface area (TPSA) is 55.8 Å². The van der Waals surface area contributed by atoms with Crippen molar-refractivity contribution in [2.24, 2.45) is 0 Å². The minimum absolute atomic E-state index is 0.383. The molecule has 1 rings (SSSR count). The zero-order chi connectivity index (χ0) is 13.2. The van der Waals surface area contributed by atoms with Crippen LogP contribution in [-0.4, -0.2) is 18.2 Å². The first-order valence-corrected chi connectivity index (χ1v) is 6.12. The Labute approximate surface area is 114 Å². The Morgan fingerprint density at radius 2 is 2.00 bits per heavy atom. The van der Waals surface area contributed by atoms with Crippen LogP contribution in [0.4, 0.5) is 0 Å². The number of halogens is 1. The molecule has 0 aliphatic carbocycles. The van der Waals surface area contributed by atoms with Crippen LogP contribution in [-0.2, 0) is 10.4 Å². The van der Waals surface area contributed by atoms with Crippen LogP contribution >= 0.6 is 22.6 Å². The summed E-state index contributed by atoms with van der Waals surface area (Å²) in [5, 5.41) is 9.94. The second-order valence-electron chi connectivity index (χ2n) is 4.14.